The van der Waals surface area contributed by atoms with Gasteiger partial charge in [0.05, 0.1) is 4.90 Å². The second-order valence-corrected chi connectivity index (χ2v) is 8.07. The Kier molecular flexibility index (Phi) is 5.98. The summed E-state index contributed by atoms with van der Waals surface area (Å²) in [4.78, 5) is 0.247. The Balaban J connectivity index is 1.94. The predicted molar refractivity (Wildman–Crippen MR) is 91.8 cm³/mol. The third-order valence-electron chi connectivity index (χ3n) is 2.96. The predicted octanol–water partition coefficient (Wildman–Crippen LogP) is 4.12. The highest BCUT2D eigenvalue weighted by molar-refractivity contribution is 9.11. The van der Waals surface area contributed by atoms with Gasteiger partial charge in [-0.15, -0.1) is 0 Å². The van der Waals surface area contributed by atoms with Gasteiger partial charge in [0.15, 0.2) is 0 Å². The molecule has 0 radical (unpaired) electrons. The second kappa shape index (κ2) is 7.54. The molecule has 3 nitrogen and oxygen atoms in total. The molecular weight excluding hydrogens is 418 g/mol. The van der Waals surface area contributed by atoms with E-state index >= 15 is 0 Å². The van der Waals surface area contributed by atoms with Gasteiger partial charge >= 0.3 is 0 Å². The Labute approximate surface area is 142 Å². The van der Waals surface area contributed by atoms with Gasteiger partial charge in [0.2, 0.25) is 10.0 Å². The fourth-order valence-corrected chi connectivity index (χ4v) is 4.48. The molecule has 0 spiro atoms. The molecule has 0 aromatic heterocycles. The lowest BCUT2D eigenvalue weighted by Crippen LogP contribution is -2.25. The molecule has 0 aliphatic heterocycles. The summed E-state index contributed by atoms with van der Waals surface area (Å²) in [5.41, 5.74) is 1.21. The first-order valence-corrected chi connectivity index (χ1v) is 9.54. The van der Waals surface area contributed by atoms with E-state index in [1.54, 1.807) is 18.2 Å². The zero-order valence-corrected chi connectivity index (χ0v) is 15.2. The first-order chi connectivity index (χ1) is 9.99. The minimum Gasteiger partial charge on any atom is -0.211 e. The van der Waals surface area contributed by atoms with Crippen molar-refractivity contribution in [3.05, 3.63) is 63.0 Å². The summed E-state index contributed by atoms with van der Waals surface area (Å²) < 4.78 is 28.4. The SMILES string of the molecule is O=S(=O)(NCCCc1ccccc1)c1cc(Br)ccc1Br. The molecule has 2 aromatic rings. The van der Waals surface area contributed by atoms with Gasteiger partial charge in [-0.2, -0.15) is 0 Å². The molecule has 2 aromatic carbocycles. The summed E-state index contributed by atoms with van der Waals surface area (Å²) >= 11 is 6.56. The van der Waals surface area contributed by atoms with E-state index < -0.39 is 10.0 Å². The highest BCUT2D eigenvalue weighted by Crippen LogP contribution is 2.25. The van der Waals surface area contributed by atoms with Crippen molar-refractivity contribution < 1.29 is 8.42 Å². The van der Waals surface area contributed by atoms with E-state index in [1.807, 2.05) is 30.3 Å². The summed E-state index contributed by atoms with van der Waals surface area (Å²) in [5.74, 6) is 0. The van der Waals surface area contributed by atoms with Crippen molar-refractivity contribution in [1.29, 1.82) is 0 Å². The molecule has 6 heteroatoms. The van der Waals surface area contributed by atoms with Gasteiger partial charge in [-0.1, -0.05) is 46.3 Å². The van der Waals surface area contributed by atoms with Crippen LogP contribution in [0.3, 0.4) is 0 Å². The normalized spacial score (nSPS) is 11.5. The molecule has 0 saturated heterocycles. The lowest BCUT2D eigenvalue weighted by atomic mass is 10.1. The summed E-state index contributed by atoms with van der Waals surface area (Å²) in [6.07, 6.45) is 1.61. The average molecular weight is 433 g/mol. The molecule has 0 bridgehead atoms. The molecule has 0 atom stereocenters. The van der Waals surface area contributed by atoms with E-state index in [-0.39, 0.29) is 4.90 Å². The number of hydrogen-bond acceptors (Lipinski definition) is 2. The van der Waals surface area contributed by atoms with Crippen molar-refractivity contribution >= 4 is 41.9 Å². The molecule has 112 valence electrons. The monoisotopic (exact) mass is 431 g/mol. The summed E-state index contributed by atoms with van der Waals surface area (Å²) in [6.45, 7) is 0.413. The van der Waals surface area contributed by atoms with Crippen molar-refractivity contribution in [3.63, 3.8) is 0 Å². The van der Waals surface area contributed by atoms with E-state index in [1.165, 1.54) is 5.56 Å². The van der Waals surface area contributed by atoms with Crippen LogP contribution in [-0.4, -0.2) is 15.0 Å². The van der Waals surface area contributed by atoms with Crippen LogP contribution in [-0.2, 0) is 16.4 Å². The number of halogens is 2. The molecular formula is C15H15Br2NO2S. The van der Waals surface area contributed by atoms with Crippen LogP contribution in [0.25, 0.3) is 0 Å². The van der Waals surface area contributed by atoms with Crippen LogP contribution >= 0.6 is 31.9 Å². The van der Waals surface area contributed by atoms with Crippen LogP contribution in [0.15, 0.2) is 62.4 Å². The maximum atomic E-state index is 12.3. The van der Waals surface area contributed by atoms with E-state index in [9.17, 15) is 8.42 Å². The largest absolute Gasteiger partial charge is 0.241 e. The van der Waals surface area contributed by atoms with Crippen LogP contribution in [0.2, 0.25) is 0 Å². The van der Waals surface area contributed by atoms with Gasteiger partial charge in [-0.25, -0.2) is 13.1 Å². The molecule has 0 fully saturated rings. The molecule has 0 saturated carbocycles. The van der Waals surface area contributed by atoms with Crippen molar-refractivity contribution in [2.75, 3.05) is 6.54 Å². The fourth-order valence-electron chi connectivity index (χ4n) is 1.90. The molecule has 1 N–H and O–H groups in total. The topological polar surface area (TPSA) is 46.2 Å². The van der Waals surface area contributed by atoms with Gasteiger partial charge in [0.25, 0.3) is 0 Å². The number of sulfonamides is 1. The van der Waals surface area contributed by atoms with E-state index in [0.717, 1.165) is 17.3 Å². The molecule has 0 amide bonds. The first-order valence-electron chi connectivity index (χ1n) is 6.48. The third-order valence-corrected chi connectivity index (χ3v) is 5.91. The van der Waals surface area contributed by atoms with Crippen LogP contribution in [0.4, 0.5) is 0 Å². The van der Waals surface area contributed by atoms with E-state index in [2.05, 4.69) is 36.6 Å². The van der Waals surface area contributed by atoms with Crippen molar-refractivity contribution in [2.45, 2.75) is 17.7 Å². The maximum absolute atomic E-state index is 12.3. The van der Waals surface area contributed by atoms with Crippen LogP contribution in [0, 0.1) is 0 Å². The molecule has 2 rings (SSSR count). The van der Waals surface area contributed by atoms with Gasteiger partial charge in [-0.05, 0) is 52.5 Å². The number of hydrogen-bond donors (Lipinski definition) is 1. The quantitative estimate of drug-likeness (QED) is 0.697. The zero-order valence-electron chi connectivity index (χ0n) is 11.2. The average Bonchev–Trinajstić information content (AvgIpc) is 2.47. The van der Waals surface area contributed by atoms with E-state index in [0.29, 0.717) is 11.0 Å². The highest BCUT2D eigenvalue weighted by Gasteiger charge is 2.17. The molecule has 0 unspecified atom stereocenters. The zero-order chi connectivity index (χ0) is 15.3. The smallest absolute Gasteiger partial charge is 0.211 e. The Morgan fingerprint density at radius 2 is 1.71 bits per heavy atom. The standard InChI is InChI=1S/C15H15Br2NO2S/c16-13-8-9-14(17)15(11-13)21(19,20)18-10-4-7-12-5-2-1-3-6-12/h1-3,5-6,8-9,11,18H,4,7,10H2. The van der Waals surface area contributed by atoms with Crippen LogP contribution in [0.5, 0.6) is 0 Å². The Morgan fingerprint density at radius 1 is 1.00 bits per heavy atom. The van der Waals surface area contributed by atoms with Crippen LogP contribution < -0.4 is 4.72 Å². The minimum atomic E-state index is -3.49. The van der Waals surface area contributed by atoms with E-state index in [4.69, 9.17) is 0 Å². The highest BCUT2D eigenvalue weighted by atomic mass is 79.9. The summed E-state index contributed by atoms with van der Waals surface area (Å²) in [5, 5.41) is 0. The fraction of sp³-hybridized carbons (Fsp3) is 0.200. The third kappa shape index (κ3) is 4.92. The lowest BCUT2D eigenvalue weighted by molar-refractivity contribution is 0.578. The number of aryl methyl sites for hydroxylation is 1. The molecule has 0 aliphatic carbocycles. The molecule has 0 heterocycles. The van der Waals surface area contributed by atoms with Gasteiger partial charge in [0, 0.05) is 15.5 Å². The number of benzene rings is 2. The Hall–Kier alpha value is -0.690. The second-order valence-electron chi connectivity index (χ2n) is 4.56. The Morgan fingerprint density at radius 3 is 2.43 bits per heavy atom. The van der Waals surface area contributed by atoms with Crippen molar-refractivity contribution in [2.24, 2.45) is 0 Å². The van der Waals surface area contributed by atoms with Gasteiger partial charge in [-0.3, -0.25) is 0 Å². The minimum absolute atomic E-state index is 0.247. The molecule has 21 heavy (non-hydrogen) atoms. The lowest BCUT2D eigenvalue weighted by Gasteiger charge is -2.09. The van der Waals surface area contributed by atoms with Crippen molar-refractivity contribution in [3.8, 4) is 0 Å². The van der Waals surface area contributed by atoms with Crippen molar-refractivity contribution in [1.82, 2.24) is 4.72 Å². The number of rotatable bonds is 6. The molecule has 0 aliphatic rings. The summed E-state index contributed by atoms with van der Waals surface area (Å²) in [6, 6.07) is 15.1. The van der Waals surface area contributed by atoms with Gasteiger partial charge < -0.3 is 0 Å². The summed E-state index contributed by atoms with van der Waals surface area (Å²) in [7, 11) is -3.49. The number of nitrogens with one attached hydrogen (secondary N) is 1. The van der Waals surface area contributed by atoms with Crippen LogP contribution in [0.1, 0.15) is 12.0 Å². The van der Waals surface area contributed by atoms with Gasteiger partial charge in [0.1, 0.15) is 0 Å². The Bertz CT molecular complexity index is 703. The first kappa shape index (κ1) is 16.7. The maximum Gasteiger partial charge on any atom is 0.241 e.